The Morgan fingerprint density at radius 1 is 1.35 bits per heavy atom. The number of amides is 1. The molecule has 1 aromatic carbocycles. The molecule has 0 atom stereocenters. The molecule has 0 unspecified atom stereocenters. The quantitative estimate of drug-likeness (QED) is 0.696. The van der Waals surface area contributed by atoms with E-state index < -0.39 is 0 Å². The summed E-state index contributed by atoms with van der Waals surface area (Å²) in [5, 5.41) is 0. The molecule has 4 heteroatoms. The van der Waals surface area contributed by atoms with Crippen molar-refractivity contribution in [2.45, 2.75) is 18.4 Å². The highest BCUT2D eigenvalue weighted by molar-refractivity contribution is 5.94. The number of piperidine rings is 1. The fourth-order valence-electron chi connectivity index (χ4n) is 2.31. The first kappa shape index (κ1) is 10.7. The first-order valence-corrected chi connectivity index (χ1v) is 5.87. The van der Waals surface area contributed by atoms with Gasteiger partial charge in [0.15, 0.2) is 0 Å². The maximum absolute atomic E-state index is 13.0. The predicted octanol–water partition coefficient (Wildman–Crippen LogP) is 1.83. The second-order valence-corrected chi connectivity index (χ2v) is 4.77. The Kier molecular flexibility index (Phi) is 2.40. The van der Waals surface area contributed by atoms with Gasteiger partial charge in [-0.05, 0) is 31.0 Å². The van der Waals surface area contributed by atoms with Gasteiger partial charge in [0.1, 0.15) is 5.82 Å². The van der Waals surface area contributed by atoms with Crippen LogP contribution in [0.1, 0.15) is 23.2 Å². The van der Waals surface area contributed by atoms with E-state index in [1.165, 1.54) is 12.1 Å². The number of hydrogen-bond donors (Lipinski definition) is 0. The molecule has 1 spiro atoms. The predicted molar refractivity (Wildman–Crippen MR) is 60.2 cm³/mol. The Balaban J connectivity index is 1.70. The summed E-state index contributed by atoms with van der Waals surface area (Å²) in [4.78, 5) is 13.9. The minimum atomic E-state index is -0.366. The van der Waals surface area contributed by atoms with Gasteiger partial charge in [-0.15, -0.1) is 0 Å². The molecule has 2 heterocycles. The van der Waals surface area contributed by atoms with Gasteiger partial charge in [-0.2, -0.15) is 0 Å². The van der Waals surface area contributed by atoms with Crippen LogP contribution in [0.2, 0.25) is 0 Å². The molecule has 0 aromatic heterocycles. The molecule has 0 radical (unpaired) electrons. The van der Waals surface area contributed by atoms with E-state index in [0.717, 1.165) is 19.4 Å². The summed E-state index contributed by atoms with van der Waals surface area (Å²) in [7, 11) is 0. The van der Waals surface area contributed by atoms with Gasteiger partial charge in [-0.25, -0.2) is 4.39 Å². The summed E-state index contributed by atoms with van der Waals surface area (Å²) in [5.41, 5.74) is 0.497. The number of benzene rings is 1. The molecule has 0 aliphatic carbocycles. The first-order chi connectivity index (χ1) is 8.19. The highest BCUT2D eigenvalue weighted by Crippen LogP contribution is 2.37. The fraction of sp³-hybridized carbons (Fsp3) is 0.462. The summed E-state index contributed by atoms with van der Waals surface area (Å²) >= 11 is 0. The number of epoxide rings is 1. The van der Waals surface area contributed by atoms with Crippen molar-refractivity contribution in [2.75, 3.05) is 19.7 Å². The van der Waals surface area contributed by atoms with Crippen molar-refractivity contribution in [3.63, 3.8) is 0 Å². The molecule has 2 aliphatic rings. The normalized spacial score (nSPS) is 21.6. The van der Waals surface area contributed by atoms with Crippen LogP contribution in [0.3, 0.4) is 0 Å². The molecule has 0 saturated carbocycles. The summed E-state index contributed by atoms with van der Waals surface area (Å²) < 4.78 is 18.4. The molecular weight excluding hydrogens is 221 g/mol. The Bertz CT molecular complexity index is 446. The van der Waals surface area contributed by atoms with Crippen molar-refractivity contribution in [3.8, 4) is 0 Å². The van der Waals surface area contributed by atoms with Crippen LogP contribution in [0.15, 0.2) is 24.3 Å². The summed E-state index contributed by atoms with van der Waals surface area (Å²) in [6.45, 7) is 2.24. The van der Waals surface area contributed by atoms with E-state index in [0.29, 0.717) is 18.7 Å². The number of nitrogens with zero attached hydrogens (tertiary/aromatic N) is 1. The molecule has 90 valence electrons. The van der Waals surface area contributed by atoms with E-state index in [1.807, 2.05) is 0 Å². The minimum absolute atomic E-state index is 0.0682. The Hall–Kier alpha value is -1.42. The summed E-state index contributed by atoms with van der Waals surface area (Å²) in [5.74, 6) is -0.449. The van der Waals surface area contributed by atoms with Crippen LogP contribution in [-0.4, -0.2) is 36.1 Å². The number of carbonyl (C=O) groups is 1. The van der Waals surface area contributed by atoms with Crippen molar-refractivity contribution in [1.82, 2.24) is 4.90 Å². The van der Waals surface area contributed by atoms with Gasteiger partial charge in [0.05, 0.1) is 12.2 Å². The number of halogens is 1. The molecule has 2 saturated heterocycles. The lowest BCUT2D eigenvalue weighted by atomic mass is 9.97. The molecule has 0 bridgehead atoms. The number of carbonyl (C=O) groups excluding carboxylic acids is 1. The lowest BCUT2D eigenvalue weighted by Gasteiger charge is -2.30. The van der Waals surface area contributed by atoms with E-state index in [1.54, 1.807) is 17.0 Å². The van der Waals surface area contributed by atoms with Crippen LogP contribution in [0.5, 0.6) is 0 Å². The lowest BCUT2D eigenvalue weighted by molar-refractivity contribution is 0.0662. The molecule has 0 N–H and O–H groups in total. The van der Waals surface area contributed by atoms with Gasteiger partial charge >= 0.3 is 0 Å². The smallest absolute Gasteiger partial charge is 0.253 e. The molecular formula is C13H14FNO2. The molecule has 3 nitrogen and oxygen atoms in total. The molecule has 3 rings (SSSR count). The molecule has 2 aliphatic heterocycles. The number of hydrogen-bond acceptors (Lipinski definition) is 2. The van der Waals surface area contributed by atoms with Crippen molar-refractivity contribution in [3.05, 3.63) is 35.6 Å². The third kappa shape index (κ3) is 2.05. The standard InChI is InChI=1S/C13H14FNO2/c14-11-3-1-2-10(8-11)12(16)15-6-4-13(5-7-15)9-17-13/h1-3,8H,4-7,9H2. The highest BCUT2D eigenvalue weighted by Gasteiger charge is 2.47. The van der Waals surface area contributed by atoms with Gasteiger partial charge in [-0.3, -0.25) is 4.79 Å². The molecule has 17 heavy (non-hydrogen) atoms. The van der Waals surface area contributed by atoms with E-state index in [-0.39, 0.29) is 17.3 Å². The van der Waals surface area contributed by atoms with Crippen LogP contribution >= 0.6 is 0 Å². The zero-order valence-electron chi connectivity index (χ0n) is 9.49. The fourth-order valence-corrected chi connectivity index (χ4v) is 2.31. The van der Waals surface area contributed by atoms with E-state index in [9.17, 15) is 9.18 Å². The molecule has 1 aromatic rings. The topological polar surface area (TPSA) is 32.8 Å². The number of rotatable bonds is 1. The monoisotopic (exact) mass is 235 g/mol. The third-order valence-electron chi connectivity index (χ3n) is 3.59. The zero-order chi connectivity index (χ0) is 11.9. The lowest BCUT2D eigenvalue weighted by Crippen LogP contribution is -2.41. The van der Waals surface area contributed by atoms with E-state index in [2.05, 4.69) is 0 Å². The SMILES string of the molecule is O=C(c1cccc(F)c1)N1CCC2(CC1)CO2. The van der Waals surface area contributed by atoms with Gasteiger partial charge in [0.2, 0.25) is 0 Å². The number of likely N-dealkylation sites (tertiary alicyclic amines) is 1. The van der Waals surface area contributed by atoms with E-state index in [4.69, 9.17) is 4.74 Å². The molecule has 2 fully saturated rings. The Labute approximate surface area is 99.2 Å². The minimum Gasteiger partial charge on any atom is -0.369 e. The average molecular weight is 235 g/mol. The maximum atomic E-state index is 13.0. The van der Waals surface area contributed by atoms with Crippen LogP contribution < -0.4 is 0 Å². The van der Waals surface area contributed by atoms with Gasteiger partial charge in [-0.1, -0.05) is 6.07 Å². The van der Waals surface area contributed by atoms with Gasteiger partial charge in [0.25, 0.3) is 5.91 Å². The Morgan fingerprint density at radius 2 is 2.06 bits per heavy atom. The van der Waals surface area contributed by atoms with Crippen molar-refractivity contribution in [2.24, 2.45) is 0 Å². The van der Waals surface area contributed by atoms with Gasteiger partial charge in [0, 0.05) is 18.7 Å². The third-order valence-corrected chi connectivity index (χ3v) is 3.59. The summed E-state index contributed by atoms with van der Waals surface area (Å²) in [6.07, 6.45) is 1.79. The van der Waals surface area contributed by atoms with Crippen LogP contribution in [0.25, 0.3) is 0 Å². The highest BCUT2D eigenvalue weighted by atomic mass is 19.1. The van der Waals surface area contributed by atoms with E-state index >= 15 is 0 Å². The second-order valence-electron chi connectivity index (χ2n) is 4.77. The van der Waals surface area contributed by atoms with Crippen molar-refractivity contribution in [1.29, 1.82) is 0 Å². The van der Waals surface area contributed by atoms with Gasteiger partial charge < -0.3 is 9.64 Å². The number of ether oxygens (including phenoxy) is 1. The van der Waals surface area contributed by atoms with Crippen molar-refractivity contribution < 1.29 is 13.9 Å². The second kappa shape index (κ2) is 3.81. The van der Waals surface area contributed by atoms with Crippen LogP contribution in [0, 0.1) is 5.82 Å². The summed E-state index contributed by atoms with van der Waals surface area (Å²) in [6, 6.07) is 5.86. The van der Waals surface area contributed by atoms with Crippen LogP contribution in [0.4, 0.5) is 4.39 Å². The van der Waals surface area contributed by atoms with Crippen LogP contribution in [-0.2, 0) is 4.74 Å². The molecule has 1 amide bonds. The zero-order valence-corrected chi connectivity index (χ0v) is 9.49. The maximum Gasteiger partial charge on any atom is 0.253 e. The van der Waals surface area contributed by atoms with Crippen molar-refractivity contribution >= 4 is 5.91 Å². The Morgan fingerprint density at radius 3 is 2.65 bits per heavy atom. The first-order valence-electron chi connectivity index (χ1n) is 5.87. The largest absolute Gasteiger partial charge is 0.369 e. The average Bonchev–Trinajstić information content (AvgIpc) is 3.09.